The van der Waals surface area contributed by atoms with Crippen LogP contribution in [-0.4, -0.2) is 33.5 Å². The third-order valence-electron chi connectivity index (χ3n) is 3.82. The molecule has 0 aromatic carbocycles. The van der Waals surface area contributed by atoms with Crippen LogP contribution in [0.15, 0.2) is 12.4 Å². The largest absolute Gasteiger partial charge is 0.477 e. The number of amides is 1. The number of aromatic nitrogens is 2. The lowest BCUT2D eigenvalue weighted by molar-refractivity contribution is 0.0700. The van der Waals surface area contributed by atoms with Crippen LogP contribution in [0.1, 0.15) is 49.1 Å². The SMILES string of the molecule is O=C(O)c1sc(C(=O)NCCc2ncc[nH]2)c2c1CCCC2. The molecule has 116 valence electrons. The van der Waals surface area contributed by atoms with Crippen LogP contribution in [0.2, 0.25) is 0 Å². The van der Waals surface area contributed by atoms with Crippen LogP contribution in [0.3, 0.4) is 0 Å². The fourth-order valence-electron chi connectivity index (χ4n) is 2.80. The van der Waals surface area contributed by atoms with Crippen LogP contribution in [-0.2, 0) is 19.3 Å². The van der Waals surface area contributed by atoms with Crippen LogP contribution < -0.4 is 5.32 Å². The molecule has 2 heterocycles. The van der Waals surface area contributed by atoms with Crippen LogP contribution in [0.5, 0.6) is 0 Å². The lowest BCUT2D eigenvalue weighted by Gasteiger charge is -2.13. The van der Waals surface area contributed by atoms with Gasteiger partial charge in [-0.3, -0.25) is 4.79 Å². The molecule has 1 amide bonds. The molecule has 0 fully saturated rings. The number of carbonyl (C=O) groups is 2. The van der Waals surface area contributed by atoms with Crippen molar-refractivity contribution in [3.05, 3.63) is 39.1 Å². The van der Waals surface area contributed by atoms with E-state index in [1.165, 1.54) is 0 Å². The quantitative estimate of drug-likeness (QED) is 0.785. The first-order chi connectivity index (χ1) is 10.7. The Morgan fingerprint density at radius 3 is 2.64 bits per heavy atom. The first-order valence-electron chi connectivity index (χ1n) is 7.31. The topological polar surface area (TPSA) is 95.1 Å². The monoisotopic (exact) mass is 319 g/mol. The predicted molar refractivity (Wildman–Crippen MR) is 82.5 cm³/mol. The number of hydrogen-bond acceptors (Lipinski definition) is 4. The summed E-state index contributed by atoms with van der Waals surface area (Å²) in [5.74, 6) is -0.292. The van der Waals surface area contributed by atoms with Gasteiger partial charge in [-0.25, -0.2) is 9.78 Å². The number of fused-ring (bicyclic) bond motifs is 1. The highest BCUT2D eigenvalue weighted by Gasteiger charge is 2.27. The molecule has 1 aliphatic rings. The van der Waals surface area contributed by atoms with E-state index in [2.05, 4.69) is 15.3 Å². The number of nitrogens with one attached hydrogen (secondary N) is 2. The van der Waals surface area contributed by atoms with E-state index in [0.717, 1.165) is 54.0 Å². The average Bonchev–Trinajstić information content (AvgIpc) is 3.14. The van der Waals surface area contributed by atoms with Gasteiger partial charge in [0, 0.05) is 25.4 Å². The van der Waals surface area contributed by atoms with E-state index >= 15 is 0 Å². The Morgan fingerprint density at radius 2 is 2.00 bits per heavy atom. The van der Waals surface area contributed by atoms with Gasteiger partial charge in [-0.15, -0.1) is 11.3 Å². The summed E-state index contributed by atoms with van der Waals surface area (Å²) in [4.78, 5) is 31.7. The Kier molecular flexibility index (Phi) is 4.24. The first kappa shape index (κ1) is 14.8. The van der Waals surface area contributed by atoms with Crippen molar-refractivity contribution in [3.8, 4) is 0 Å². The van der Waals surface area contributed by atoms with Crippen LogP contribution in [0.25, 0.3) is 0 Å². The Morgan fingerprint density at radius 1 is 1.27 bits per heavy atom. The maximum atomic E-state index is 12.4. The molecule has 3 rings (SSSR count). The van der Waals surface area contributed by atoms with Gasteiger partial charge < -0.3 is 15.4 Å². The molecule has 7 heteroatoms. The van der Waals surface area contributed by atoms with Gasteiger partial charge in [-0.2, -0.15) is 0 Å². The van der Waals surface area contributed by atoms with Crippen LogP contribution in [0.4, 0.5) is 0 Å². The number of carboxylic acid groups (broad SMARTS) is 1. The van der Waals surface area contributed by atoms with E-state index in [-0.39, 0.29) is 5.91 Å². The lowest BCUT2D eigenvalue weighted by atomic mass is 9.92. The van der Waals surface area contributed by atoms with Crippen molar-refractivity contribution in [3.63, 3.8) is 0 Å². The molecule has 22 heavy (non-hydrogen) atoms. The highest BCUT2D eigenvalue weighted by molar-refractivity contribution is 7.16. The molecular formula is C15H17N3O3S. The minimum Gasteiger partial charge on any atom is -0.477 e. The van der Waals surface area contributed by atoms with Crippen molar-refractivity contribution in [2.24, 2.45) is 0 Å². The summed E-state index contributed by atoms with van der Waals surface area (Å²) in [5, 5.41) is 12.2. The number of carboxylic acids is 1. The van der Waals surface area contributed by atoms with Gasteiger partial charge in [-0.1, -0.05) is 0 Å². The summed E-state index contributed by atoms with van der Waals surface area (Å²) in [5.41, 5.74) is 1.80. The second-order valence-electron chi connectivity index (χ2n) is 5.27. The second-order valence-corrected chi connectivity index (χ2v) is 6.29. The third kappa shape index (κ3) is 2.89. The third-order valence-corrected chi connectivity index (χ3v) is 5.08. The van der Waals surface area contributed by atoms with Gasteiger partial charge in [0.1, 0.15) is 10.7 Å². The summed E-state index contributed by atoms with van der Waals surface area (Å²) in [6.07, 6.45) is 7.59. The molecule has 2 aromatic rings. The minimum atomic E-state index is -0.933. The zero-order valence-electron chi connectivity index (χ0n) is 12.0. The number of nitrogens with zero attached hydrogens (tertiary/aromatic N) is 1. The number of thiophene rings is 1. The summed E-state index contributed by atoms with van der Waals surface area (Å²) < 4.78 is 0. The van der Waals surface area contributed by atoms with Crippen molar-refractivity contribution >= 4 is 23.2 Å². The number of H-pyrrole nitrogens is 1. The average molecular weight is 319 g/mol. The Hall–Kier alpha value is -2.15. The van der Waals surface area contributed by atoms with Gasteiger partial charge in [0.2, 0.25) is 0 Å². The van der Waals surface area contributed by atoms with E-state index in [1.54, 1.807) is 12.4 Å². The first-order valence-corrected chi connectivity index (χ1v) is 8.12. The fourth-order valence-corrected chi connectivity index (χ4v) is 3.95. The zero-order valence-corrected chi connectivity index (χ0v) is 12.8. The van der Waals surface area contributed by atoms with E-state index in [4.69, 9.17) is 0 Å². The van der Waals surface area contributed by atoms with Crippen molar-refractivity contribution < 1.29 is 14.7 Å². The number of hydrogen-bond donors (Lipinski definition) is 3. The Bertz CT molecular complexity index is 691. The van der Waals surface area contributed by atoms with Gasteiger partial charge in [-0.05, 0) is 36.8 Å². The standard InChI is InChI=1S/C15H17N3O3S/c19-14(18-6-5-11-16-7-8-17-11)12-9-3-1-2-4-10(9)13(22-12)15(20)21/h7-8H,1-6H2,(H,16,17)(H,18,19)(H,20,21). The molecule has 0 aliphatic heterocycles. The molecule has 0 bridgehead atoms. The molecule has 0 radical (unpaired) electrons. The molecule has 0 spiro atoms. The normalized spacial score (nSPS) is 13.6. The molecule has 2 aromatic heterocycles. The summed E-state index contributed by atoms with van der Waals surface area (Å²) in [7, 11) is 0. The minimum absolute atomic E-state index is 0.179. The van der Waals surface area contributed by atoms with Crippen molar-refractivity contribution in [2.45, 2.75) is 32.1 Å². The van der Waals surface area contributed by atoms with Crippen molar-refractivity contribution in [1.82, 2.24) is 15.3 Å². The van der Waals surface area contributed by atoms with Gasteiger partial charge in [0.05, 0.1) is 4.88 Å². The van der Waals surface area contributed by atoms with Crippen LogP contribution in [0, 0.1) is 0 Å². The Labute approximate surface area is 131 Å². The van der Waals surface area contributed by atoms with Crippen LogP contribution >= 0.6 is 11.3 Å². The molecular weight excluding hydrogens is 302 g/mol. The van der Waals surface area contributed by atoms with Crippen molar-refractivity contribution in [2.75, 3.05) is 6.54 Å². The maximum Gasteiger partial charge on any atom is 0.346 e. The van der Waals surface area contributed by atoms with Gasteiger partial charge in [0.25, 0.3) is 5.91 Å². The molecule has 0 saturated carbocycles. The lowest BCUT2D eigenvalue weighted by Crippen LogP contribution is -2.26. The number of rotatable bonds is 5. The van der Waals surface area contributed by atoms with E-state index in [1.807, 2.05) is 0 Å². The zero-order chi connectivity index (χ0) is 15.5. The number of carbonyl (C=O) groups excluding carboxylic acids is 1. The summed E-state index contributed by atoms with van der Waals surface area (Å²) >= 11 is 1.10. The van der Waals surface area contributed by atoms with Gasteiger partial charge in [0.15, 0.2) is 0 Å². The molecule has 6 nitrogen and oxygen atoms in total. The Balaban J connectivity index is 1.73. The van der Waals surface area contributed by atoms with E-state index in [9.17, 15) is 14.7 Å². The molecule has 0 saturated heterocycles. The van der Waals surface area contributed by atoms with E-state index in [0.29, 0.717) is 22.7 Å². The molecule has 0 atom stereocenters. The van der Waals surface area contributed by atoms with E-state index < -0.39 is 5.97 Å². The maximum absolute atomic E-state index is 12.4. The summed E-state index contributed by atoms with van der Waals surface area (Å²) in [6.45, 7) is 0.474. The number of aromatic amines is 1. The predicted octanol–water partition coefficient (Wildman–Crippen LogP) is 2.02. The highest BCUT2D eigenvalue weighted by atomic mass is 32.1. The number of imidazole rings is 1. The van der Waals surface area contributed by atoms with Crippen molar-refractivity contribution in [1.29, 1.82) is 0 Å². The molecule has 0 unspecified atom stereocenters. The second kappa shape index (κ2) is 6.31. The highest BCUT2D eigenvalue weighted by Crippen LogP contribution is 2.34. The smallest absolute Gasteiger partial charge is 0.346 e. The van der Waals surface area contributed by atoms with Gasteiger partial charge >= 0.3 is 5.97 Å². The number of aromatic carboxylic acids is 1. The molecule has 3 N–H and O–H groups in total. The molecule has 1 aliphatic carbocycles. The fraction of sp³-hybridized carbons (Fsp3) is 0.400. The summed E-state index contributed by atoms with van der Waals surface area (Å²) in [6, 6.07) is 0.